The summed E-state index contributed by atoms with van der Waals surface area (Å²) < 4.78 is 7.62. The summed E-state index contributed by atoms with van der Waals surface area (Å²) in [4.78, 5) is 0. The monoisotopic (exact) mass is 263 g/mol. The van der Waals surface area contributed by atoms with Crippen LogP contribution < -0.4 is 5.32 Å². The van der Waals surface area contributed by atoms with Crippen molar-refractivity contribution >= 4 is 0 Å². The minimum Gasteiger partial charge on any atom is -0.381 e. The number of hydrogen-bond donors (Lipinski definition) is 1. The molecule has 0 amide bonds. The van der Waals surface area contributed by atoms with E-state index >= 15 is 0 Å². The van der Waals surface area contributed by atoms with Crippen molar-refractivity contribution in [2.75, 3.05) is 26.3 Å². The second-order valence-electron chi connectivity index (χ2n) is 5.95. The first-order valence-electron chi connectivity index (χ1n) is 7.59. The molecule has 1 N–H and O–H groups in total. The van der Waals surface area contributed by atoms with Crippen LogP contribution in [0.15, 0.2) is 0 Å². The van der Waals surface area contributed by atoms with E-state index in [0.717, 1.165) is 39.1 Å². The van der Waals surface area contributed by atoms with Crippen molar-refractivity contribution in [3.63, 3.8) is 0 Å². The summed E-state index contributed by atoms with van der Waals surface area (Å²) in [7, 11) is 2.11. The Labute approximate surface area is 115 Å². The molecule has 3 heterocycles. The highest BCUT2D eigenvalue weighted by molar-refractivity contribution is 5.31. The van der Waals surface area contributed by atoms with Gasteiger partial charge in [0.25, 0.3) is 0 Å². The fourth-order valence-electron chi connectivity index (χ4n) is 3.68. The molecule has 0 aromatic carbocycles. The Bertz CT molecular complexity index is 429. The summed E-state index contributed by atoms with van der Waals surface area (Å²) in [5, 5.41) is 8.34. The van der Waals surface area contributed by atoms with Gasteiger partial charge in [0.05, 0.1) is 5.69 Å². The van der Waals surface area contributed by atoms with Gasteiger partial charge in [0.1, 0.15) is 0 Å². The summed E-state index contributed by atoms with van der Waals surface area (Å²) in [6.07, 6.45) is 4.83. The first-order valence-corrected chi connectivity index (χ1v) is 7.59. The Morgan fingerprint density at radius 1 is 1.21 bits per heavy atom. The lowest BCUT2D eigenvalue weighted by atomic mass is 9.89. The standard InChI is InChI=1S/C15H25N3O/c1-11-14(13-4-3-7-16-10-13)17-18(2)15(11)12-5-8-19-9-6-12/h12-13,16H,3-10H2,1-2H3. The van der Waals surface area contributed by atoms with E-state index in [9.17, 15) is 0 Å². The van der Waals surface area contributed by atoms with Crippen molar-refractivity contribution in [1.29, 1.82) is 0 Å². The maximum atomic E-state index is 5.48. The minimum absolute atomic E-state index is 0.605. The summed E-state index contributed by atoms with van der Waals surface area (Å²) in [6, 6.07) is 0. The molecule has 0 saturated carbocycles. The Morgan fingerprint density at radius 3 is 2.68 bits per heavy atom. The fourth-order valence-corrected chi connectivity index (χ4v) is 3.68. The number of nitrogens with one attached hydrogen (secondary N) is 1. The van der Waals surface area contributed by atoms with Crippen LogP contribution in [0.1, 0.15) is 54.5 Å². The number of hydrogen-bond acceptors (Lipinski definition) is 3. The van der Waals surface area contributed by atoms with E-state index in [1.807, 2.05) is 0 Å². The van der Waals surface area contributed by atoms with Gasteiger partial charge in [-0.1, -0.05) is 0 Å². The number of nitrogens with zero attached hydrogens (tertiary/aromatic N) is 2. The predicted octanol–water partition coefficient (Wildman–Crippen LogP) is 2.09. The van der Waals surface area contributed by atoms with Crippen LogP contribution in [-0.2, 0) is 11.8 Å². The van der Waals surface area contributed by atoms with Crippen LogP contribution in [0.4, 0.5) is 0 Å². The van der Waals surface area contributed by atoms with Crippen molar-refractivity contribution in [3.8, 4) is 0 Å². The van der Waals surface area contributed by atoms with Crippen molar-refractivity contribution in [2.24, 2.45) is 7.05 Å². The van der Waals surface area contributed by atoms with Crippen molar-refractivity contribution < 1.29 is 4.74 Å². The highest BCUT2D eigenvalue weighted by atomic mass is 16.5. The Morgan fingerprint density at radius 2 is 2.00 bits per heavy atom. The minimum atomic E-state index is 0.605. The molecule has 0 bridgehead atoms. The third-order valence-electron chi connectivity index (χ3n) is 4.67. The van der Waals surface area contributed by atoms with Crippen LogP contribution in [0.2, 0.25) is 0 Å². The van der Waals surface area contributed by atoms with E-state index in [0.29, 0.717) is 11.8 Å². The normalized spacial score (nSPS) is 25.7. The molecule has 106 valence electrons. The lowest BCUT2D eigenvalue weighted by Gasteiger charge is -2.24. The maximum absolute atomic E-state index is 5.48. The highest BCUT2D eigenvalue weighted by Crippen LogP contribution is 2.34. The fraction of sp³-hybridized carbons (Fsp3) is 0.800. The van der Waals surface area contributed by atoms with Crippen molar-refractivity contribution in [2.45, 2.75) is 44.4 Å². The van der Waals surface area contributed by atoms with Crippen LogP contribution in [0.3, 0.4) is 0 Å². The molecule has 2 aliphatic rings. The highest BCUT2D eigenvalue weighted by Gasteiger charge is 2.27. The van der Waals surface area contributed by atoms with Crippen LogP contribution in [0, 0.1) is 6.92 Å². The topological polar surface area (TPSA) is 39.1 Å². The lowest BCUT2D eigenvalue weighted by Crippen LogP contribution is -2.29. The quantitative estimate of drug-likeness (QED) is 0.888. The number of aromatic nitrogens is 2. The Hall–Kier alpha value is -0.870. The third kappa shape index (κ3) is 2.56. The zero-order valence-electron chi connectivity index (χ0n) is 12.1. The summed E-state index contributed by atoms with van der Waals surface area (Å²) in [5.41, 5.74) is 4.21. The van der Waals surface area contributed by atoms with Crippen LogP contribution in [0.25, 0.3) is 0 Å². The molecule has 0 radical (unpaired) electrons. The molecule has 2 aliphatic heterocycles. The molecule has 1 atom stereocenters. The first-order chi connectivity index (χ1) is 9.27. The molecule has 2 fully saturated rings. The number of ether oxygens (including phenoxy) is 1. The van der Waals surface area contributed by atoms with Gasteiger partial charge in [0, 0.05) is 44.3 Å². The predicted molar refractivity (Wildman–Crippen MR) is 75.6 cm³/mol. The number of rotatable bonds is 2. The smallest absolute Gasteiger partial charge is 0.0700 e. The molecular weight excluding hydrogens is 238 g/mol. The van der Waals surface area contributed by atoms with Crippen LogP contribution >= 0.6 is 0 Å². The molecule has 0 spiro atoms. The van der Waals surface area contributed by atoms with E-state index in [2.05, 4.69) is 24.0 Å². The molecule has 1 unspecified atom stereocenters. The molecule has 1 aromatic rings. The average molecular weight is 263 g/mol. The van der Waals surface area contributed by atoms with Crippen LogP contribution in [-0.4, -0.2) is 36.1 Å². The summed E-state index contributed by atoms with van der Waals surface area (Å²) in [6.45, 7) is 6.31. The lowest BCUT2D eigenvalue weighted by molar-refractivity contribution is 0.0836. The largest absolute Gasteiger partial charge is 0.381 e. The second-order valence-corrected chi connectivity index (χ2v) is 5.95. The van der Waals surface area contributed by atoms with Gasteiger partial charge in [-0.05, 0) is 44.7 Å². The van der Waals surface area contributed by atoms with Gasteiger partial charge in [-0.3, -0.25) is 4.68 Å². The van der Waals surface area contributed by atoms with Crippen molar-refractivity contribution in [1.82, 2.24) is 15.1 Å². The summed E-state index contributed by atoms with van der Waals surface area (Å²) in [5.74, 6) is 1.24. The Kier molecular flexibility index (Phi) is 3.89. The first kappa shape index (κ1) is 13.1. The number of piperidine rings is 1. The molecule has 1 aromatic heterocycles. The van der Waals surface area contributed by atoms with E-state index in [1.165, 1.54) is 29.8 Å². The summed E-state index contributed by atoms with van der Waals surface area (Å²) >= 11 is 0. The van der Waals surface area contributed by atoms with Gasteiger partial charge in [0.2, 0.25) is 0 Å². The van der Waals surface area contributed by atoms with Gasteiger partial charge in [-0.25, -0.2) is 0 Å². The molecule has 4 heteroatoms. The zero-order chi connectivity index (χ0) is 13.2. The van der Waals surface area contributed by atoms with E-state index in [4.69, 9.17) is 9.84 Å². The van der Waals surface area contributed by atoms with Gasteiger partial charge in [-0.2, -0.15) is 5.10 Å². The molecule has 4 nitrogen and oxygen atoms in total. The second kappa shape index (κ2) is 5.63. The van der Waals surface area contributed by atoms with Crippen molar-refractivity contribution in [3.05, 3.63) is 17.0 Å². The molecular formula is C15H25N3O. The average Bonchev–Trinajstić information content (AvgIpc) is 2.76. The third-order valence-corrected chi connectivity index (χ3v) is 4.67. The SMILES string of the molecule is Cc1c(C2CCCNC2)nn(C)c1C1CCOCC1. The Balaban J connectivity index is 1.86. The zero-order valence-corrected chi connectivity index (χ0v) is 12.1. The van der Waals surface area contributed by atoms with E-state index in [-0.39, 0.29) is 0 Å². The van der Waals surface area contributed by atoms with Gasteiger partial charge < -0.3 is 10.1 Å². The van der Waals surface area contributed by atoms with E-state index < -0.39 is 0 Å². The molecule has 3 rings (SSSR count). The van der Waals surface area contributed by atoms with Gasteiger partial charge >= 0.3 is 0 Å². The van der Waals surface area contributed by atoms with Gasteiger partial charge in [-0.15, -0.1) is 0 Å². The van der Waals surface area contributed by atoms with Gasteiger partial charge in [0.15, 0.2) is 0 Å². The van der Waals surface area contributed by atoms with Crippen LogP contribution in [0.5, 0.6) is 0 Å². The molecule has 0 aliphatic carbocycles. The maximum Gasteiger partial charge on any atom is 0.0700 e. The molecule has 19 heavy (non-hydrogen) atoms. The molecule has 2 saturated heterocycles. The van der Waals surface area contributed by atoms with E-state index in [1.54, 1.807) is 0 Å². The number of aryl methyl sites for hydroxylation is 1.